The molecule has 2 aromatic heterocycles. The van der Waals surface area contributed by atoms with Crippen molar-refractivity contribution in [3.05, 3.63) is 71.0 Å². The second-order valence-corrected chi connectivity index (χ2v) is 8.39. The number of aromatic amines is 2. The molecule has 0 radical (unpaired) electrons. The molecule has 0 amide bonds. The molecule has 2 aromatic carbocycles. The third kappa shape index (κ3) is 2.62. The number of unbranched alkanes of at least 4 members (excludes halogenated alkanes) is 2. The lowest BCUT2D eigenvalue weighted by atomic mass is 9.74. The highest BCUT2D eigenvalue weighted by Gasteiger charge is 2.37. The standard InChI is InChI=1S/C26H30N2/c1-3-5-11-19-23-17-13-7-9-15-21(17)28-26(23)20(12-6-4-2)24-18-14-8-10-16-22(18)27-25(19)24/h7-10,13-16,19-20,27-28H,3-6,11-12H2,1-2H3. The van der Waals surface area contributed by atoms with Crippen LogP contribution in [-0.4, -0.2) is 9.97 Å². The van der Waals surface area contributed by atoms with Crippen LogP contribution in [0, 0.1) is 0 Å². The minimum Gasteiger partial charge on any atom is -0.358 e. The van der Waals surface area contributed by atoms with Crippen molar-refractivity contribution in [2.24, 2.45) is 0 Å². The molecule has 0 bridgehead atoms. The molecule has 0 saturated heterocycles. The molecular weight excluding hydrogens is 340 g/mol. The lowest BCUT2D eigenvalue weighted by Crippen LogP contribution is -2.17. The normalized spacial score (nSPS) is 18.5. The Morgan fingerprint density at radius 2 is 1.07 bits per heavy atom. The van der Waals surface area contributed by atoms with E-state index in [-0.39, 0.29) is 0 Å². The van der Waals surface area contributed by atoms with Gasteiger partial charge in [0.05, 0.1) is 0 Å². The molecule has 144 valence electrons. The minimum atomic E-state index is 0.464. The van der Waals surface area contributed by atoms with Crippen LogP contribution in [0.25, 0.3) is 21.8 Å². The van der Waals surface area contributed by atoms with Crippen LogP contribution in [-0.2, 0) is 0 Å². The number of fused-ring (bicyclic) bond motifs is 6. The fraction of sp³-hybridized carbons (Fsp3) is 0.385. The SMILES string of the molecule is CCCCC1c2[nH]c3ccccc3c2C(CCCC)c2[nH]c3ccccc3c21. The lowest BCUT2D eigenvalue weighted by molar-refractivity contribution is 0.575. The van der Waals surface area contributed by atoms with Crippen molar-refractivity contribution < 1.29 is 0 Å². The molecule has 2 heterocycles. The second-order valence-electron chi connectivity index (χ2n) is 8.39. The highest BCUT2D eigenvalue weighted by molar-refractivity contribution is 5.91. The quantitative estimate of drug-likeness (QED) is 0.350. The zero-order valence-electron chi connectivity index (χ0n) is 17.0. The van der Waals surface area contributed by atoms with Gasteiger partial charge in [0, 0.05) is 45.0 Å². The molecule has 0 spiro atoms. The third-order valence-electron chi connectivity index (χ3n) is 6.64. The van der Waals surface area contributed by atoms with Gasteiger partial charge in [-0.2, -0.15) is 0 Å². The molecule has 1 aliphatic carbocycles. The number of nitrogens with one attached hydrogen (secondary N) is 2. The number of hydrogen-bond donors (Lipinski definition) is 2. The smallest absolute Gasteiger partial charge is 0.0459 e. The maximum absolute atomic E-state index is 3.86. The van der Waals surface area contributed by atoms with Crippen molar-refractivity contribution in [3.8, 4) is 0 Å². The van der Waals surface area contributed by atoms with Gasteiger partial charge >= 0.3 is 0 Å². The van der Waals surface area contributed by atoms with E-state index < -0.39 is 0 Å². The van der Waals surface area contributed by atoms with Crippen LogP contribution >= 0.6 is 0 Å². The molecule has 2 atom stereocenters. The maximum atomic E-state index is 3.86. The average molecular weight is 371 g/mol. The Morgan fingerprint density at radius 1 is 0.643 bits per heavy atom. The zero-order valence-corrected chi connectivity index (χ0v) is 17.0. The number of para-hydroxylation sites is 2. The van der Waals surface area contributed by atoms with Crippen LogP contribution in [0.3, 0.4) is 0 Å². The predicted octanol–water partition coefficient (Wildman–Crippen LogP) is 7.61. The summed E-state index contributed by atoms with van der Waals surface area (Å²) in [4.78, 5) is 7.73. The summed E-state index contributed by atoms with van der Waals surface area (Å²) in [6.07, 6.45) is 7.43. The topological polar surface area (TPSA) is 31.6 Å². The van der Waals surface area contributed by atoms with E-state index in [1.807, 2.05) is 0 Å². The Balaban J connectivity index is 1.79. The largest absolute Gasteiger partial charge is 0.358 e. The summed E-state index contributed by atoms with van der Waals surface area (Å²) in [5.74, 6) is 0.928. The Labute approximate surface area is 167 Å². The van der Waals surface area contributed by atoms with Crippen LogP contribution in [0.15, 0.2) is 48.5 Å². The number of hydrogen-bond acceptors (Lipinski definition) is 0. The van der Waals surface area contributed by atoms with E-state index in [1.165, 1.54) is 71.7 Å². The van der Waals surface area contributed by atoms with Gasteiger partial charge in [-0.3, -0.25) is 0 Å². The maximum Gasteiger partial charge on any atom is 0.0459 e. The van der Waals surface area contributed by atoms with E-state index in [4.69, 9.17) is 0 Å². The first-order valence-corrected chi connectivity index (χ1v) is 11.0. The highest BCUT2D eigenvalue weighted by atomic mass is 14.8. The first-order valence-electron chi connectivity index (χ1n) is 11.0. The summed E-state index contributed by atoms with van der Waals surface area (Å²) >= 11 is 0. The molecule has 1 aliphatic rings. The van der Waals surface area contributed by atoms with E-state index in [0.717, 1.165) is 0 Å². The Morgan fingerprint density at radius 3 is 1.50 bits per heavy atom. The Hall–Kier alpha value is -2.48. The van der Waals surface area contributed by atoms with E-state index in [1.54, 1.807) is 11.1 Å². The summed E-state index contributed by atoms with van der Waals surface area (Å²) in [7, 11) is 0. The summed E-state index contributed by atoms with van der Waals surface area (Å²) in [6.45, 7) is 4.60. The minimum absolute atomic E-state index is 0.464. The van der Waals surface area contributed by atoms with Gasteiger partial charge in [0.1, 0.15) is 0 Å². The number of H-pyrrole nitrogens is 2. The van der Waals surface area contributed by atoms with Gasteiger partial charge in [-0.1, -0.05) is 75.9 Å². The number of benzene rings is 2. The molecule has 0 saturated carbocycles. The van der Waals surface area contributed by atoms with E-state index in [2.05, 4.69) is 72.3 Å². The van der Waals surface area contributed by atoms with Crippen LogP contribution < -0.4 is 0 Å². The molecule has 0 fully saturated rings. The van der Waals surface area contributed by atoms with Gasteiger partial charge in [-0.15, -0.1) is 0 Å². The Bertz CT molecular complexity index is 1020. The summed E-state index contributed by atoms with van der Waals surface area (Å²) in [5, 5.41) is 2.84. The van der Waals surface area contributed by atoms with Gasteiger partial charge in [-0.05, 0) is 36.1 Å². The van der Waals surface area contributed by atoms with Crippen molar-refractivity contribution in [1.82, 2.24) is 9.97 Å². The highest BCUT2D eigenvalue weighted by Crippen LogP contribution is 2.51. The van der Waals surface area contributed by atoms with Gasteiger partial charge < -0.3 is 9.97 Å². The van der Waals surface area contributed by atoms with Crippen molar-refractivity contribution in [3.63, 3.8) is 0 Å². The van der Waals surface area contributed by atoms with Crippen LogP contribution in [0.5, 0.6) is 0 Å². The third-order valence-corrected chi connectivity index (χ3v) is 6.64. The molecule has 2 unspecified atom stereocenters. The number of aromatic nitrogens is 2. The van der Waals surface area contributed by atoms with Gasteiger partial charge in [0.2, 0.25) is 0 Å². The van der Waals surface area contributed by atoms with Crippen LogP contribution in [0.4, 0.5) is 0 Å². The Kier molecular flexibility index (Phi) is 4.50. The first-order chi connectivity index (χ1) is 13.8. The molecule has 0 aliphatic heterocycles. The molecule has 5 rings (SSSR count). The zero-order chi connectivity index (χ0) is 19.1. The van der Waals surface area contributed by atoms with Crippen molar-refractivity contribution in [1.29, 1.82) is 0 Å². The second kappa shape index (κ2) is 7.16. The molecular formula is C26H30N2. The molecule has 2 nitrogen and oxygen atoms in total. The molecule has 28 heavy (non-hydrogen) atoms. The summed E-state index contributed by atoms with van der Waals surface area (Å²) < 4.78 is 0. The van der Waals surface area contributed by atoms with Crippen molar-refractivity contribution in [2.75, 3.05) is 0 Å². The van der Waals surface area contributed by atoms with Crippen molar-refractivity contribution >= 4 is 21.8 Å². The van der Waals surface area contributed by atoms with Gasteiger partial charge in [-0.25, -0.2) is 0 Å². The fourth-order valence-corrected chi connectivity index (χ4v) is 5.35. The van der Waals surface area contributed by atoms with Crippen molar-refractivity contribution in [2.45, 2.75) is 64.2 Å². The van der Waals surface area contributed by atoms with Crippen LogP contribution in [0.2, 0.25) is 0 Å². The summed E-state index contributed by atoms with van der Waals surface area (Å²) in [5.41, 5.74) is 8.67. The van der Waals surface area contributed by atoms with Crippen LogP contribution in [0.1, 0.15) is 86.7 Å². The molecule has 2 N–H and O–H groups in total. The monoisotopic (exact) mass is 370 g/mol. The van der Waals surface area contributed by atoms with E-state index in [0.29, 0.717) is 11.8 Å². The number of rotatable bonds is 6. The molecule has 2 heteroatoms. The molecule has 4 aromatic rings. The first kappa shape index (κ1) is 17.6. The van der Waals surface area contributed by atoms with Gasteiger partial charge in [0.25, 0.3) is 0 Å². The van der Waals surface area contributed by atoms with E-state index in [9.17, 15) is 0 Å². The predicted molar refractivity (Wildman–Crippen MR) is 119 cm³/mol. The average Bonchev–Trinajstić information content (AvgIpc) is 3.30. The summed E-state index contributed by atoms with van der Waals surface area (Å²) in [6, 6.07) is 17.8. The lowest BCUT2D eigenvalue weighted by Gasteiger charge is -2.30. The van der Waals surface area contributed by atoms with E-state index >= 15 is 0 Å². The fourth-order valence-electron chi connectivity index (χ4n) is 5.35. The van der Waals surface area contributed by atoms with Gasteiger partial charge in [0.15, 0.2) is 0 Å².